The smallest absolute Gasteiger partial charge is 0.242 e. The maximum absolute atomic E-state index is 13.1. The van der Waals surface area contributed by atoms with Crippen LogP contribution in [0.4, 0.5) is 0 Å². The van der Waals surface area contributed by atoms with E-state index in [2.05, 4.69) is 5.32 Å². The number of benzene rings is 2. The Morgan fingerprint density at radius 1 is 1.19 bits per heavy atom. The third-order valence-electron chi connectivity index (χ3n) is 4.42. The van der Waals surface area contributed by atoms with Crippen LogP contribution in [-0.2, 0) is 22.6 Å². The molecule has 0 saturated heterocycles. The van der Waals surface area contributed by atoms with Crippen molar-refractivity contribution in [3.05, 3.63) is 64.7 Å². The van der Waals surface area contributed by atoms with Crippen LogP contribution in [0, 0.1) is 0 Å². The highest BCUT2D eigenvalue weighted by Gasteiger charge is 2.28. The zero-order valence-electron chi connectivity index (χ0n) is 15.9. The Hall–Kier alpha value is -2.53. The zero-order valence-corrected chi connectivity index (χ0v) is 16.6. The summed E-state index contributed by atoms with van der Waals surface area (Å²) in [5.74, 6) is 0.369. The molecule has 6 heteroatoms. The summed E-state index contributed by atoms with van der Waals surface area (Å²) in [6.07, 6.45) is 0.648. The van der Waals surface area contributed by atoms with Crippen LogP contribution in [0.1, 0.15) is 24.5 Å². The largest absolute Gasteiger partial charge is 0.497 e. The first-order chi connectivity index (χ1) is 13.0. The number of likely N-dealkylation sites (N-methyl/N-ethyl adjacent to an activating group) is 1. The van der Waals surface area contributed by atoms with Gasteiger partial charge in [0, 0.05) is 18.6 Å². The molecule has 0 spiro atoms. The van der Waals surface area contributed by atoms with E-state index in [1.54, 1.807) is 25.1 Å². The molecule has 0 aromatic heterocycles. The monoisotopic (exact) mass is 388 g/mol. The van der Waals surface area contributed by atoms with Crippen molar-refractivity contribution in [3.8, 4) is 5.75 Å². The minimum atomic E-state index is -0.559. The molecule has 2 aromatic rings. The summed E-state index contributed by atoms with van der Waals surface area (Å²) in [5, 5.41) is 3.19. The van der Waals surface area contributed by atoms with Gasteiger partial charge in [0.15, 0.2) is 0 Å². The number of amides is 2. The van der Waals surface area contributed by atoms with Gasteiger partial charge in [-0.2, -0.15) is 0 Å². The van der Waals surface area contributed by atoms with Crippen LogP contribution in [-0.4, -0.2) is 36.9 Å². The molecule has 0 unspecified atom stereocenters. The predicted molar refractivity (Wildman–Crippen MR) is 107 cm³/mol. The van der Waals surface area contributed by atoms with E-state index < -0.39 is 6.04 Å². The van der Waals surface area contributed by atoms with Crippen molar-refractivity contribution in [1.82, 2.24) is 10.2 Å². The van der Waals surface area contributed by atoms with Gasteiger partial charge in [0.1, 0.15) is 11.8 Å². The Morgan fingerprint density at radius 3 is 2.56 bits per heavy atom. The molecular weight excluding hydrogens is 364 g/mol. The average molecular weight is 389 g/mol. The summed E-state index contributed by atoms with van der Waals surface area (Å²) in [5.41, 5.74) is 1.63. The number of hydrogen-bond acceptors (Lipinski definition) is 3. The van der Waals surface area contributed by atoms with Crippen LogP contribution in [0.15, 0.2) is 48.5 Å². The van der Waals surface area contributed by atoms with E-state index in [-0.39, 0.29) is 18.2 Å². The summed E-state index contributed by atoms with van der Waals surface area (Å²) in [7, 11) is 3.17. The van der Waals surface area contributed by atoms with Crippen molar-refractivity contribution in [2.24, 2.45) is 0 Å². The molecule has 1 N–H and O–H groups in total. The summed E-state index contributed by atoms with van der Waals surface area (Å²) in [6.45, 7) is 2.20. The second-order valence-electron chi connectivity index (χ2n) is 6.18. The molecule has 0 bridgehead atoms. The Labute approximate surface area is 165 Å². The SMILES string of the molecule is CC[C@@H](C(=O)NC)N(Cc1cccc(OC)c1)C(=O)Cc1ccccc1Cl. The molecule has 0 aliphatic carbocycles. The van der Waals surface area contributed by atoms with E-state index in [1.165, 1.54) is 0 Å². The van der Waals surface area contributed by atoms with Crippen molar-refractivity contribution in [1.29, 1.82) is 0 Å². The lowest BCUT2D eigenvalue weighted by Crippen LogP contribution is -2.48. The molecule has 0 aliphatic rings. The molecule has 2 rings (SSSR count). The van der Waals surface area contributed by atoms with Gasteiger partial charge in [-0.05, 0) is 35.7 Å². The number of halogens is 1. The van der Waals surface area contributed by atoms with Crippen LogP contribution in [0.2, 0.25) is 5.02 Å². The lowest BCUT2D eigenvalue weighted by Gasteiger charge is -2.30. The highest BCUT2D eigenvalue weighted by Crippen LogP contribution is 2.20. The van der Waals surface area contributed by atoms with Crippen molar-refractivity contribution in [2.45, 2.75) is 32.4 Å². The van der Waals surface area contributed by atoms with E-state index >= 15 is 0 Å². The predicted octanol–water partition coefficient (Wildman–Crippen LogP) is 3.44. The molecule has 144 valence electrons. The lowest BCUT2D eigenvalue weighted by molar-refractivity contribution is -0.140. The van der Waals surface area contributed by atoms with Crippen molar-refractivity contribution >= 4 is 23.4 Å². The fourth-order valence-corrected chi connectivity index (χ4v) is 3.16. The Bertz CT molecular complexity index is 795. The van der Waals surface area contributed by atoms with Crippen molar-refractivity contribution in [3.63, 3.8) is 0 Å². The third kappa shape index (κ3) is 5.47. The van der Waals surface area contributed by atoms with E-state index in [9.17, 15) is 9.59 Å². The molecule has 0 radical (unpaired) electrons. The molecule has 27 heavy (non-hydrogen) atoms. The van der Waals surface area contributed by atoms with Crippen LogP contribution in [0.3, 0.4) is 0 Å². The molecule has 0 fully saturated rings. The summed E-state index contributed by atoms with van der Waals surface area (Å²) in [4.78, 5) is 27.1. The molecule has 1 atom stereocenters. The Balaban J connectivity index is 2.31. The van der Waals surface area contributed by atoms with Gasteiger partial charge in [-0.1, -0.05) is 48.9 Å². The molecule has 2 amide bonds. The van der Waals surface area contributed by atoms with Gasteiger partial charge in [0.05, 0.1) is 13.5 Å². The number of nitrogens with zero attached hydrogens (tertiary/aromatic N) is 1. The first-order valence-electron chi connectivity index (χ1n) is 8.87. The fourth-order valence-electron chi connectivity index (χ4n) is 2.96. The first-order valence-corrected chi connectivity index (χ1v) is 9.25. The Morgan fingerprint density at radius 2 is 1.93 bits per heavy atom. The van der Waals surface area contributed by atoms with E-state index in [0.717, 1.165) is 11.1 Å². The number of rotatable bonds is 8. The number of carbonyl (C=O) groups is 2. The van der Waals surface area contributed by atoms with E-state index in [0.29, 0.717) is 23.7 Å². The number of nitrogens with one attached hydrogen (secondary N) is 1. The molecular formula is C21H25ClN2O3. The van der Waals surface area contributed by atoms with Crippen LogP contribution < -0.4 is 10.1 Å². The van der Waals surface area contributed by atoms with Crippen LogP contribution in [0.25, 0.3) is 0 Å². The van der Waals surface area contributed by atoms with Gasteiger partial charge in [0.2, 0.25) is 11.8 Å². The van der Waals surface area contributed by atoms with Gasteiger partial charge < -0.3 is 15.0 Å². The molecule has 2 aromatic carbocycles. The topological polar surface area (TPSA) is 58.6 Å². The van der Waals surface area contributed by atoms with Gasteiger partial charge in [-0.15, -0.1) is 0 Å². The maximum Gasteiger partial charge on any atom is 0.242 e. The van der Waals surface area contributed by atoms with Crippen LogP contribution >= 0.6 is 11.6 Å². The van der Waals surface area contributed by atoms with E-state index in [4.69, 9.17) is 16.3 Å². The highest BCUT2D eigenvalue weighted by atomic mass is 35.5. The summed E-state index contributed by atoms with van der Waals surface area (Å²) in [6, 6.07) is 14.2. The Kier molecular flexibility index (Phi) is 7.67. The molecule has 0 aliphatic heterocycles. The molecule has 0 saturated carbocycles. The lowest BCUT2D eigenvalue weighted by atomic mass is 10.1. The average Bonchev–Trinajstić information content (AvgIpc) is 2.69. The van der Waals surface area contributed by atoms with Gasteiger partial charge in [-0.3, -0.25) is 9.59 Å². The second kappa shape index (κ2) is 9.97. The minimum Gasteiger partial charge on any atom is -0.497 e. The molecule has 0 heterocycles. The number of ether oxygens (including phenoxy) is 1. The standard InChI is InChI=1S/C21H25ClN2O3/c1-4-19(21(26)23-2)24(14-15-8-7-10-17(12-15)27-3)20(25)13-16-9-5-6-11-18(16)22/h5-12,19H,4,13-14H2,1-3H3,(H,23,26)/t19-/m0/s1. The first kappa shape index (κ1) is 20.8. The zero-order chi connectivity index (χ0) is 19.8. The quantitative estimate of drug-likeness (QED) is 0.753. The van der Waals surface area contributed by atoms with Gasteiger partial charge >= 0.3 is 0 Å². The van der Waals surface area contributed by atoms with Gasteiger partial charge in [-0.25, -0.2) is 0 Å². The van der Waals surface area contributed by atoms with Crippen LogP contribution in [0.5, 0.6) is 5.75 Å². The van der Waals surface area contributed by atoms with Crippen molar-refractivity contribution < 1.29 is 14.3 Å². The van der Waals surface area contributed by atoms with Crippen molar-refractivity contribution in [2.75, 3.05) is 14.2 Å². The summed E-state index contributed by atoms with van der Waals surface area (Å²) >= 11 is 6.21. The summed E-state index contributed by atoms with van der Waals surface area (Å²) < 4.78 is 5.26. The number of hydrogen-bond donors (Lipinski definition) is 1. The highest BCUT2D eigenvalue weighted by molar-refractivity contribution is 6.31. The van der Waals surface area contributed by atoms with E-state index in [1.807, 2.05) is 49.4 Å². The van der Waals surface area contributed by atoms with Gasteiger partial charge in [0.25, 0.3) is 0 Å². The normalized spacial score (nSPS) is 11.6. The third-order valence-corrected chi connectivity index (χ3v) is 4.79. The maximum atomic E-state index is 13.1. The molecule has 5 nitrogen and oxygen atoms in total. The second-order valence-corrected chi connectivity index (χ2v) is 6.59. The number of carbonyl (C=O) groups excluding carboxylic acids is 2. The number of methoxy groups -OCH3 is 1. The fraction of sp³-hybridized carbons (Fsp3) is 0.333. The minimum absolute atomic E-state index is 0.136.